The molecule has 0 amide bonds. The predicted molar refractivity (Wildman–Crippen MR) is 77.9 cm³/mol. The summed E-state index contributed by atoms with van der Waals surface area (Å²) in [5.41, 5.74) is 0.540. The van der Waals surface area contributed by atoms with Gasteiger partial charge in [-0.1, -0.05) is 29.8 Å². The first-order valence-electron chi connectivity index (χ1n) is 5.45. The van der Waals surface area contributed by atoms with Crippen LogP contribution in [-0.4, -0.2) is 9.50 Å². The monoisotopic (exact) mass is 310 g/mol. The molecule has 0 fully saturated rings. The third-order valence-corrected chi connectivity index (χ3v) is 5.47. The largest absolute Gasteiger partial charge is 0.239 e. The van der Waals surface area contributed by atoms with Crippen molar-refractivity contribution in [3.8, 4) is 0 Å². The standard InChI is InChI=1S/C13H8Cl2N2OS/c14-9-6-7-11-12(8-9)19(18,17-13(15)16-11)10-4-2-1-3-5-10/h1-8H. The molecule has 1 unspecified atom stereocenters. The van der Waals surface area contributed by atoms with Gasteiger partial charge >= 0.3 is 0 Å². The third kappa shape index (κ3) is 2.16. The van der Waals surface area contributed by atoms with E-state index in [1.54, 1.807) is 42.5 Å². The Morgan fingerprint density at radius 2 is 1.74 bits per heavy atom. The molecule has 2 aromatic carbocycles. The third-order valence-electron chi connectivity index (χ3n) is 2.70. The van der Waals surface area contributed by atoms with Crippen LogP contribution in [0.5, 0.6) is 0 Å². The van der Waals surface area contributed by atoms with E-state index in [0.29, 0.717) is 20.5 Å². The number of fused-ring (bicyclic) bond motifs is 1. The van der Waals surface area contributed by atoms with Gasteiger partial charge in [-0.15, -0.1) is 0 Å². The molecule has 0 bridgehead atoms. The molecule has 1 aliphatic heterocycles. The molecule has 96 valence electrons. The highest BCUT2D eigenvalue weighted by atomic mass is 35.5. The summed E-state index contributed by atoms with van der Waals surface area (Å²) in [6.45, 7) is 0. The van der Waals surface area contributed by atoms with E-state index in [0.717, 1.165) is 0 Å². The van der Waals surface area contributed by atoms with Gasteiger partial charge in [-0.2, -0.15) is 4.36 Å². The van der Waals surface area contributed by atoms with E-state index in [9.17, 15) is 4.21 Å². The van der Waals surface area contributed by atoms with Crippen LogP contribution in [0, 0.1) is 0 Å². The van der Waals surface area contributed by atoms with Crippen LogP contribution in [0.1, 0.15) is 0 Å². The van der Waals surface area contributed by atoms with Crippen LogP contribution in [0.2, 0.25) is 5.02 Å². The van der Waals surface area contributed by atoms with Crippen LogP contribution < -0.4 is 0 Å². The van der Waals surface area contributed by atoms with E-state index < -0.39 is 9.73 Å². The van der Waals surface area contributed by atoms with Gasteiger partial charge in [0.2, 0.25) is 5.29 Å². The first kappa shape index (κ1) is 12.7. The molecule has 6 heteroatoms. The molecule has 0 spiro atoms. The maximum Gasteiger partial charge on any atom is 0.231 e. The van der Waals surface area contributed by atoms with Crippen LogP contribution in [0.15, 0.2) is 67.7 Å². The Labute approximate surface area is 121 Å². The lowest BCUT2D eigenvalue weighted by atomic mass is 10.3. The number of rotatable bonds is 1. The van der Waals surface area contributed by atoms with E-state index in [2.05, 4.69) is 9.36 Å². The first-order valence-corrected chi connectivity index (χ1v) is 7.73. The molecule has 2 aromatic rings. The van der Waals surface area contributed by atoms with E-state index >= 15 is 0 Å². The SMILES string of the molecule is O=S1(c2ccccc2)=NC(Cl)=Nc2ccc(Cl)cc21. The second kappa shape index (κ2) is 4.63. The van der Waals surface area contributed by atoms with Gasteiger partial charge in [0, 0.05) is 5.02 Å². The first-order chi connectivity index (χ1) is 9.09. The quantitative estimate of drug-likeness (QED) is 0.717. The van der Waals surface area contributed by atoms with Crippen molar-refractivity contribution in [3.05, 3.63) is 53.6 Å². The number of benzene rings is 2. The number of nitrogens with zero attached hydrogens (tertiary/aromatic N) is 2. The van der Waals surface area contributed by atoms with Gasteiger partial charge in [0.25, 0.3) is 0 Å². The highest BCUT2D eigenvalue weighted by molar-refractivity contribution is 7.94. The van der Waals surface area contributed by atoms with Gasteiger partial charge in [-0.3, -0.25) is 0 Å². The number of hydrogen-bond donors (Lipinski definition) is 0. The molecule has 0 N–H and O–H groups in total. The molecule has 3 rings (SSSR count). The molecule has 1 atom stereocenters. The molecule has 1 heterocycles. The Morgan fingerprint density at radius 1 is 1.00 bits per heavy atom. The summed E-state index contributed by atoms with van der Waals surface area (Å²) in [5, 5.41) is 0.481. The van der Waals surface area contributed by atoms with Crippen molar-refractivity contribution in [2.75, 3.05) is 0 Å². The van der Waals surface area contributed by atoms with E-state index in [-0.39, 0.29) is 5.29 Å². The molecule has 0 aliphatic carbocycles. The van der Waals surface area contributed by atoms with Crippen LogP contribution in [0.25, 0.3) is 0 Å². The van der Waals surface area contributed by atoms with E-state index in [4.69, 9.17) is 23.2 Å². The summed E-state index contributed by atoms with van der Waals surface area (Å²) in [6, 6.07) is 14.0. The highest BCUT2D eigenvalue weighted by Gasteiger charge is 2.24. The van der Waals surface area contributed by atoms with Crippen LogP contribution in [0.3, 0.4) is 0 Å². The summed E-state index contributed by atoms with van der Waals surface area (Å²) in [7, 11) is -2.82. The molecule has 3 nitrogen and oxygen atoms in total. The smallest absolute Gasteiger partial charge is 0.231 e. The zero-order valence-corrected chi connectivity index (χ0v) is 11.9. The second-order valence-electron chi connectivity index (χ2n) is 3.92. The van der Waals surface area contributed by atoms with Crippen molar-refractivity contribution in [2.45, 2.75) is 9.79 Å². The fourth-order valence-corrected chi connectivity index (χ4v) is 4.40. The van der Waals surface area contributed by atoms with Crippen molar-refractivity contribution >= 4 is 43.9 Å². The molecule has 0 aromatic heterocycles. The molecule has 0 radical (unpaired) electrons. The van der Waals surface area contributed by atoms with Gasteiger partial charge in [0.1, 0.15) is 9.73 Å². The van der Waals surface area contributed by atoms with E-state index in [1.165, 1.54) is 0 Å². The van der Waals surface area contributed by atoms with Gasteiger partial charge in [-0.05, 0) is 41.9 Å². The summed E-state index contributed by atoms with van der Waals surface area (Å²) >= 11 is 11.9. The lowest BCUT2D eigenvalue weighted by Crippen LogP contribution is -2.08. The molecule has 0 saturated carbocycles. The van der Waals surface area contributed by atoms with Crippen molar-refractivity contribution in [2.24, 2.45) is 9.36 Å². The Bertz CT molecular complexity index is 794. The number of hydrogen-bond acceptors (Lipinski definition) is 3. The van der Waals surface area contributed by atoms with Gasteiger partial charge in [-0.25, -0.2) is 9.20 Å². The Kier molecular flexibility index (Phi) is 3.09. The summed E-state index contributed by atoms with van der Waals surface area (Å²) in [6.07, 6.45) is 0. The molecule has 0 saturated heterocycles. The fourth-order valence-electron chi connectivity index (χ4n) is 1.86. The van der Waals surface area contributed by atoms with Crippen molar-refractivity contribution in [3.63, 3.8) is 0 Å². The van der Waals surface area contributed by atoms with Crippen LogP contribution in [-0.2, 0) is 9.73 Å². The minimum Gasteiger partial charge on any atom is -0.239 e. The van der Waals surface area contributed by atoms with Crippen molar-refractivity contribution in [1.82, 2.24) is 0 Å². The average molecular weight is 311 g/mol. The summed E-state index contributed by atoms with van der Waals surface area (Å²) in [4.78, 5) is 5.17. The molecular formula is C13H8Cl2N2OS. The van der Waals surface area contributed by atoms with Gasteiger partial charge in [0.05, 0.1) is 15.5 Å². The predicted octanol–water partition coefficient (Wildman–Crippen LogP) is 4.47. The minimum absolute atomic E-state index is 0.0105. The maximum atomic E-state index is 13.2. The summed E-state index contributed by atoms with van der Waals surface area (Å²) in [5.74, 6) is 0. The highest BCUT2D eigenvalue weighted by Crippen LogP contribution is 2.37. The van der Waals surface area contributed by atoms with Gasteiger partial charge < -0.3 is 0 Å². The maximum absolute atomic E-state index is 13.2. The van der Waals surface area contributed by atoms with Crippen molar-refractivity contribution < 1.29 is 4.21 Å². The zero-order valence-electron chi connectivity index (χ0n) is 9.59. The normalized spacial score (nSPS) is 21.3. The number of halogens is 2. The molecular weight excluding hydrogens is 303 g/mol. The topological polar surface area (TPSA) is 41.8 Å². The lowest BCUT2D eigenvalue weighted by Gasteiger charge is -2.16. The fraction of sp³-hybridized carbons (Fsp3) is 0. The molecule has 19 heavy (non-hydrogen) atoms. The number of amidine groups is 1. The van der Waals surface area contributed by atoms with Gasteiger partial charge in [0.15, 0.2) is 0 Å². The average Bonchev–Trinajstić information content (AvgIpc) is 2.41. The number of aliphatic imine (C=N–C) groups is 1. The lowest BCUT2D eigenvalue weighted by molar-refractivity contribution is 0.677. The Morgan fingerprint density at radius 3 is 2.47 bits per heavy atom. The molecule has 1 aliphatic rings. The second-order valence-corrected chi connectivity index (χ2v) is 6.84. The zero-order chi connectivity index (χ0) is 13.5. The Balaban J connectivity index is 2.37. The summed E-state index contributed by atoms with van der Waals surface area (Å²) < 4.78 is 17.3. The van der Waals surface area contributed by atoms with E-state index in [1.807, 2.05) is 6.07 Å². The Hall–Kier alpha value is -1.36. The van der Waals surface area contributed by atoms with Crippen molar-refractivity contribution in [1.29, 1.82) is 0 Å². The van der Waals surface area contributed by atoms with Crippen LogP contribution >= 0.6 is 23.2 Å². The minimum atomic E-state index is -2.82. The van der Waals surface area contributed by atoms with Crippen LogP contribution in [0.4, 0.5) is 5.69 Å².